The van der Waals surface area contributed by atoms with Crippen LogP contribution in [0.2, 0.25) is 5.02 Å². The van der Waals surface area contributed by atoms with E-state index >= 15 is 0 Å². The van der Waals surface area contributed by atoms with Crippen LogP contribution in [0.15, 0.2) is 12.1 Å². The maximum Gasteiger partial charge on any atom is 0.407 e. The Balaban J connectivity index is 1.98. The number of carbonyl (C=O) groups excluding carboxylic acids is 1. The van der Waals surface area contributed by atoms with E-state index in [4.69, 9.17) is 21.1 Å². The predicted octanol–water partition coefficient (Wildman–Crippen LogP) is 2.92. The van der Waals surface area contributed by atoms with E-state index in [-0.39, 0.29) is 13.1 Å². The summed E-state index contributed by atoms with van der Waals surface area (Å²) in [5, 5.41) is 20.3. The number of halogens is 1. The number of aromatic nitrogens is 2. The first-order valence-electron chi connectivity index (χ1n) is 9.71. The summed E-state index contributed by atoms with van der Waals surface area (Å²) >= 11 is 6.31. The number of nitrogens with one attached hydrogen (secondary N) is 2. The molecule has 0 atom stereocenters. The highest BCUT2D eigenvalue weighted by molar-refractivity contribution is 6.32. The first-order valence-corrected chi connectivity index (χ1v) is 10.1. The summed E-state index contributed by atoms with van der Waals surface area (Å²) in [7, 11) is 2.95. The van der Waals surface area contributed by atoms with E-state index < -0.39 is 18.4 Å². The average Bonchev–Trinajstić information content (AvgIpc) is 3.10. The number of hydrogen-bond donors (Lipinski definition) is 3. The second kappa shape index (κ2) is 9.54. The van der Waals surface area contributed by atoms with Crippen molar-refractivity contribution in [3.63, 3.8) is 0 Å². The summed E-state index contributed by atoms with van der Waals surface area (Å²) in [6, 6.07) is 3.26. The van der Waals surface area contributed by atoms with Crippen LogP contribution in [0.3, 0.4) is 0 Å². The number of aryl methyl sites for hydroxylation is 2. The van der Waals surface area contributed by atoms with Gasteiger partial charge in [-0.25, -0.2) is 14.3 Å². The Bertz CT molecular complexity index is 966. The van der Waals surface area contributed by atoms with Gasteiger partial charge in [-0.1, -0.05) is 11.6 Å². The quantitative estimate of drug-likeness (QED) is 0.581. The molecule has 1 aromatic heterocycles. The molecule has 11 heteroatoms. The fourth-order valence-corrected chi connectivity index (χ4v) is 3.60. The van der Waals surface area contributed by atoms with Crippen molar-refractivity contribution in [1.29, 1.82) is 0 Å². The van der Waals surface area contributed by atoms with Gasteiger partial charge in [0.15, 0.2) is 6.29 Å². The number of carboxylic acid groups (broad SMARTS) is 1. The Kier molecular flexibility index (Phi) is 7.04. The standard InChI is InChI=1S/C20H26ClN5O5/c1-11-7-13(8-12(2)17(11)21)26-18(23-19(27)22-9-16(30-3)31-4)14-10-25(20(28)29)6-5-15(14)24-26/h7-8,16H,5-6,9-10H2,1-4H3,(H,28,29)(H2,22,23,27). The number of carbonyl (C=O) groups is 2. The van der Waals surface area contributed by atoms with Crippen LogP contribution in [0.5, 0.6) is 0 Å². The molecule has 3 rings (SSSR count). The van der Waals surface area contributed by atoms with Gasteiger partial charge in [-0.15, -0.1) is 0 Å². The largest absolute Gasteiger partial charge is 0.465 e. The van der Waals surface area contributed by atoms with Crippen molar-refractivity contribution in [2.75, 3.05) is 32.6 Å². The molecule has 0 bridgehead atoms. The maximum absolute atomic E-state index is 12.6. The summed E-state index contributed by atoms with van der Waals surface area (Å²) in [4.78, 5) is 25.4. The zero-order valence-electron chi connectivity index (χ0n) is 17.9. The number of ether oxygens (including phenoxy) is 2. The molecule has 168 valence electrons. The third-order valence-electron chi connectivity index (χ3n) is 5.16. The molecular formula is C20H26ClN5O5. The molecule has 0 unspecified atom stereocenters. The lowest BCUT2D eigenvalue weighted by Gasteiger charge is -2.24. The van der Waals surface area contributed by atoms with E-state index in [0.29, 0.717) is 29.4 Å². The summed E-state index contributed by atoms with van der Waals surface area (Å²) in [5.74, 6) is 0.408. The summed E-state index contributed by atoms with van der Waals surface area (Å²) in [5.41, 5.74) is 3.86. The summed E-state index contributed by atoms with van der Waals surface area (Å²) in [6.45, 7) is 4.39. The van der Waals surface area contributed by atoms with Crippen LogP contribution in [-0.2, 0) is 22.4 Å². The number of fused-ring (bicyclic) bond motifs is 1. The minimum Gasteiger partial charge on any atom is -0.465 e. The topological polar surface area (TPSA) is 118 Å². The van der Waals surface area contributed by atoms with Crippen LogP contribution in [0.4, 0.5) is 15.4 Å². The Morgan fingerprint density at radius 2 is 1.90 bits per heavy atom. The molecule has 0 saturated carbocycles. The highest BCUT2D eigenvalue weighted by atomic mass is 35.5. The second-order valence-electron chi connectivity index (χ2n) is 7.27. The number of nitrogens with zero attached hydrogens (tertiary/aromatic N) is 3. The van der Waals surface area contributed by atoms with Gasteiger partial charge in [-0.05, 0) is 37.1 Å². The molecule has 3 N–H and O–H groups in total. The number of urea groups is 1. The number of methoxy groups -OCH3 is 2. The van der Waals surface area contributed by atoms with Crippen molar-refractivity contribution >= 4 is 29.5 Å². The lowest BCUT2D eigenvalue weighted by atomic mass is 10.1. The summed E-state index contributed by atoms with van der Waals surface area (Å²) < 4.78 is 11.8. The van der Waals surface area contributed by atoms with Gasteiger partial charge in [-0.3, -0.25) is 5.32 Å². The smallest absolute Gasteiger partial charge is 0.407 e. The normalized spacial score (nSPS) is 13.3. The Labute approximate surface area is 185 Å². The predicted molar refractivity (Wildman–Crippen MR) is 115 cm³/mol. The molecule has 0 fully saturated rings. The van der Waals surface area contributed by atoms with Crippen LogP contribution in [-0.4, -0.2) is 65.5 Å². The monoisotopic (exact) mass is 451 g/mol. The second-order valence-corrected chi connectivity index (χ2v) is 7.65. The van der Waals surface area contributed by atoms with Crippen molar-refractivity contribution in [2.45, 2.75) is 33.1 Å². The first-order chi connectivity index (χ1) is 14.7. The molecule has 31 heavy (non-hydrogen) atoms. The van der Waals surface area contributed by atoms with E-state index in [9.17, 15) is 14.7 Å². The summed E-state index contributed by atoms with van der Waals surface area (Å²) in [6.07, 6.45) is -1.16. The maximum atomic E-state index is 12.6. The van der Waals surface area contributed by atoms with E-state index in [0.717, 1.165) is 22.5 Å². The van der Waals surface area contributed by atoms with E-state index in [2.05, 4.69) is 15.7 Å². The number of hydrogen-bond acceptors (Lipinski definition) is 5. The van der Waals surface area contributed by atoms with Crippen LogP contribution in [0.25, 0.3) is 5.69 Å². The van der Waals surface area contributed by atoms with Crippen molar-refractivity contribution in [3.05, 3.63) is 39.5 Å². The average molecular weight is 452 g/mol. The number of anilines is 1. The zero-order valence-corrected chi connectivity index (χ0v) is 18.6. The molecule has 0 spiro atoms. The number of rotatable bonds is 6. The van der Waals surface area contributed by atoms with Gasteiger partial charge in [0.1, 0.15) is 5.82 Å². The van der Waals surface area contributed by atoms with Crippen LogP contribution in [0, 0.1) is 13.8 Å². The molecule has 2 heterocycles. The van der Waals surface area contributed by atoms with Crippen molar-refractivity contribution in [1.82, 2.24) is 20.0 Å². The molecular weight excluding hydrogens is 426 g/mol. The SMILES string of the molecule is COC(CNC(=O)Nc1c2c(nn1-c1cc(C)c(Cl)c(C)c1)CCN(C(=O)O)C2)OC. The van der Waals surface area contributed by atoms with Gasteiger partial charge < -0.3 is 24.8 Å². The Morgan fingerprint density at radius 1 is 1.26 bits per heavy atom. The van der Waals surface area contributed by atoms with E-state index in [1.165, 1.54) is 19.1 Å². The molecule has 0 radical (unpaired) electrons. The van der Waals surface area contributed by atoms with Crippen molar-refractivity contribution in [2.24, 2.45) is 0 Å². The van der Waals surface area contributed by atoms with Gasteiger partial charge in [0.05, 0.1) is 24.5 Å². The Hall–Kier alpha value is -2.82. The van der Waals surface area contributed by atoms with Crippen molar-refractivity contribution < 1.29 is 24.2 Å². The van der Waals surface area contributed by atoms with Crippen LogP contribution < -0.4 is 10.6 Å². The third-order valence-corrected chi connectivity index (χ3v) is 5.75. The lowest BCUT2D eigenvalue weighted by molar-refractivity contribution is -0.0970. The van der Waals surface area contributed by atoms with Gasteiger partial charge in [0.2, 0.25) is 0 Å². The number of amides is 3. The van der Waals surface area contributed by atoms with Crippen LogP contribution >= 0.6 is 11.6 Å². The Morgan fingerprint density at radius 3 is 2.48 bits per heavy atom. The van der Waals surface area contributed by atoms with Gasteiger partial charge in [0, 0.05) is 37.8 Å². The zero-order chi connectivity index (χ0) is 22.7. The fourth-order valence-electron chi connectivity index (χ4n) is 3.49. The third kappa shape index (κ3) is 4.92. The highest BCUT2D eigenvalue weighted by Gasteiger charge is 2.29. The molecule has 3 amide bonds. The van der Waals surface area contributed by atoms with Gasteiger partial charge in [-0.2, -0.15) is 5.10 Å². The number of benzene rings is 1. The molecule has 1 aliphatic rings. The molecule has 0 aliphatic carbocycles. The minimum atomic E-state index is -1.02. The van der Waals surface area contributed by atoms with Gasteiger partial charge in [0.25, 0.3) is 0 Å². The minimum absolute atomic E-state index is 0.130. The van der Waals surface area contributed by atoms with E-state index in [1.807, 2.05) is 26.0 Å². The fraction of sp³-hybridized carbons (Fsp3) is 0.450. The lowest BCUT2D eigenvalue weighted by Crippen LogP contribution is -2.38. The van der Waals surface area contributed by atoms with Crippen molar-refractivity contribution in [3.8, 4) is 5.69 Å². The van der Waals surface area contributed by atoms with Crippen LogP contribution in [0.1, 0.15) is 22.4 Å². The molecule has 10 nitrogen and oxygen atoms in total. The first kappa shape index (κ1) is 22.9. The highest BCUT2D eigenvalue weighted by Crippen LogP contribution is 2.31. The van der Waals surface area contributed by atoms with E-state index in [1.54, 1.807) is 4.68 Å². The molecule has 0 saturated heterocycles. The van der Waals surface area contributed by atoms with Gasteiger partial charge >= 0.3 is 12.1 Å². The molecule has 1 aliphatic heterocycles. The molecule has 1 aromatic carbocycles. The molecule has 2 aromatic rings.